The molecule has 126 valence electrons. The standard InChI is InChI=1S/C19H22N2O2Se/c1-19(2)18-17(20-11-21-18)13-9-14(22-3)15(10-16(13)24-19)23-12-7-5-4-6-8-12/h4-5,9-12H,6-8H2,1-3H3,(H,20,21). The van der Waals surface area contributed by atoms with Gasteiger partial charge in [0.2, 0.25) is 0 Å². The number of nitrogens with one attached hydrogen (secondary N) is 1. The fraction of sp³-hybridized carbons (Fsp3) is 0.421. The van der Waals surface area contributed by atoms with E-state index >= 15 is 0 Å². The number of methoxy groups -OCH3 is 1. The van der Waals surface area contributed by atoms with Crippen molar-refractivity contribution < 1.29 is 9.47 Å². The first-order valence-corrected chi connectivity index (χ1v) is 10.1. The van der Waals surface area contributed by atoms with E-state index in [2.05, 4.69) is 48.1 Å². The summed E-state index contributed by atoms with van der Waals surface area (Å²) in [6.45, 7) is 4.56. The van der Waals surface area contributed by atoms with Crippen LogP contribution in [0.3, 0.4) is 0 Å². The second-order valence-electron chi connectivity index (χ2n) is 6.76. The first kappa shape index (κ1) is 15.8. The van der Waals surface area contributed by atoms with Gasteiger partial charge in [0, 0.05) is 0 Å². The zero-order chi connectivity index (χ0) is 16.7. The van der Waals surface area contributed by atoms with Crippen molar-refractivity contribution in [3.8, 4) is 22.8 Å². The molecule has 1 aromatic heterocycles. The van der Waals surface area contributed by atoms with Crippen LogP contribution in [0.4, 0.5) is 0 Å². The Bertz CT molecular complexity index is 795. The molecule has 0 saturated heterocycles. The van der Waals surface area contributed by atoms with Crippen LogP contribution in [0.1, 0.15) is 38.8 Å². The van der Waals surface area contributed by atoms with Gasteiger partial charge in [0.1, 0.15) is 0 Å². The van der Waals surface area contributed by atoms with Gasteiger partial charge in [-0.05, 0) is 0 Å². The predicted molar refractivity (Wildman–Crippen MR) is 96.4 cm³/mol. The number of ether oxygens (including phenoxy) is 2. The molecule has 1 unspecified atom stereocenters. The van der Waals surface area contributed by atoms with E-state index in [1.807, 2.05) is 0 Å². The molecule has 1 aromatic carbocycles. The molecule has 0 bridgehead atoms. The number of aromatic nitrogens is 2. The third-order valence-electron chi connectivity index (χ3n) is 4.64. The summed E-state index contributed by atoms with van der Waals surface area (Å²) in [5.41, 5.74) is 3.45. The van der Waals surface area contributed by atoms with Crippen molar-refractivity contribution in [3.63, 3.8) is 0 Å². The molecule has 24 heavy (non-hydrogen) atoms. The molecular weight excluding hydrogens is 367 g/mol. The van der Waals surface area contributed by atoms with E-state index < -0.39 is 0 Å². The van der Waals surface area contributed by atoms with E-state index in [1.165, 1.54) is 15.7 Å². The summed E-state index contributed by atoms with van der Waals surface area (Å²) in [6.07, 6.45) is 9.61. The molecular formula is C19H22N2O2Se. The van der Waals surface area contributed by atoms with Gasteiger partial charge in [-0.2, -0.15) is 0 Å². The minimum absolute atomic E-state index is 0.102. The summed E-state index contributed by atoms with van der Waals surface area (Å²) in [7, 11) is 1.71. The molecule has 2 heterocycles. The van der Waals surface area contributed by atoms with Gasteiger partial charge in [0.25, 0.3) is 0 Å². The third-order valence-corrected chi connectivity index (χ3v) is 7.31. The molecule has 2 aromatic rings. The molecule has 0 amide bonds. The molecule has 2 aliphatic rings. The fourth-order valence-electron chi connectivity index (χ4n) is 3.40. The quantitative estimate of drug-likeness (QED) is 0.648. The van der Waals surface area contributed by atoms with Crippen LogP contribution in [0.25, 0.3) is 11.3 Å². The maximum absolute atomic E-state index is 6.29. The van der Waals surface area contributed by atoms with E-state index in [9.17, 15) is 0 Å². The van der Waals surface area contributed by atoms with Gasteiger partial charge in [0.15, 0.2) is 0 Å². The second-order valence-corrected chi connectivity index (χ2v) is 10.3. The number of nitrogens with zero attached hydrogens (tertiary/aromatic N) is 1. The predicted octanol–water partition coefficient (Wildman–Crippen LogP) is 3.15. The number of aromatic amines is 1. The van der Waals surface area contributed by atoms with Crippen molar-refractivity contribution in [2.45, 2.75) is 43.5 Å². The number of H-pyrrole nitrogens is 1. The van der Waals surface area contributed by atoms with Gasteiger partial charge in [-0.25, -0.2) is 0 Å². The van der Waals surface area contributed by atoms with E-state index in [4.69, 9.17) is 9.47 Å². The molecule has 1 aliphatic carbocycles. The van der Waals surface area contributed by atoms with Crippen molar-refractivity contribution >= 4 is 19.4 Å². The number of hydrogen-bond acceptors (Lipinski definition) is 3. The van der Waals surface area contributed by atoms with Crippen molar-refractivity contribution in [1.82, 2.24) is 9.97 Å². The first-order valence-electron chi connectivity index (χ1n) is 8.35. The number of allylic oxidation sites excluding steroid dienone is 1. The van der Waals surface area contributed by atoms with Gasteiger partial charge in [-0.1, -0.05) is 0 Å². The molecule has 4 nitrogen and oxygen atoms in total. The van der Waals surface area contributed by atoms with Crippen LogP contribution in [0.15, 0.2) is 30.6 Å². The van der Waals surface area contributed by atoms with Gasteiger partial charge in [-0.3, -0.25) is 0 Å². The van der Waals surface area contributed by atoms with Gasteiger partial charge >= 0.3 is 149 Å². The summed E-state index contributed by atoms with van der Waals surface area (Å²) < 4.78 is 13.4. The molecule has 1 N–H and O–H groups in total. The number of benzene rings is 1. The van der Waals surface area contributed by atoms with Crippen LogP contribution in [-0.4, -0.2) is 38.1 Å². The molecule has 0 radical (unpaired) electrons. The summed E-state index contributed by atoms with van der Waals surface area (Å²) in [6, 6.07) is 4.28. The zero-order valence-electron chi connectivity index (χ0n) is 14.3. The Labute approximate surface area is 148 Å². The molecule has 0 fully saturated rings. The Kier molecular flexibility index (Phi) is 3.93. The maximum atomic E-state index is 6.29. The average Bonchev–Trinajstić information content (AvgIpc) is 3.06. The van der Waals surface area contributed by atoms with Gasteiger partial charge in [-0.15, -0.1) is 0 Å². The Balaban J connectivity index is 1.75. The molecule has 4 rings (SSSR count). The van der Waals surface area contributed by atoms with E-state index in [1.54, 1.807) is 13.4 Å². The summed E-state index contributed by atoms with van der Waals surface area (Å²) in [4.78, 5) is 7.89. The average molecular weight is 389 g/mol. The summed E-state index contributed by atoms with van der Waals surface area (Å²) in [5.74, 6) is 1.67. The van der Waals surface area contributed by atoms with Crippen molar-refractivity contribution in [3.05, 3.63) is 36.3 Å². The molecule has 1 aliphatic heterocycles. The summed E-state index contributed by atoms with van der Waals surface area (Å²) >= 11 is 0.304. The third kappa shape index (κ3) is 2.66. The first-order chi connectivity index (χ1) is 11.6. The Morgan fingerprint density at radius 3 is 2.88 bits per heavy atom. The van der Waals surface area contributed by atoms with Crippen LogP contribution < -0.4 is 13.9 Å². The van der Waals surface area contributed by atoms with Crippen LogP contribution >= 0.6 is 0 Å². The number of hydrogen-bond donors (Lipinski definition) is 1. The monoisotopic (exact) mass is 390 g/mol. The van der Waals surface area contributed by atoms with E-state index in [-0.39, 0.29) is 10.4 Å². The molecule has 0 spiro atoms. The fourth-order valence-corrected chi connectivity index (χ4v) is 6.00. The molecule has 5 heteroatoms. The van der Waals surface area contributed by atoms with Gasteiger partial charge in [0.05, 0.1) is 0 Å². The van der Waals surface area contributed by atoms with Crippen LogP contribution in [0.5, 0.6) is 11.5 Å². The van der Waals surface area contributed by atoms with E-state index in [0.29, 0.717) is 15.0 Å². The zero-order valence-corrected chi connectivity index (χ0v) is 16.0. The number of rotatable bonds is 3. The Morgan fingerprint density at radius 2 is 2.12 bits per heavy atom. The Hall–Kier alpha value is -1.71. The van der Waals surface area contributed by atoms with E-state index in [0.717, 1.165) is 36.5 Å². The van der Waals surface area contributed by atoms with Crippen LogP contribution in [-0.2, 0) is 4.31 Å². The number of imidazole rings is 1. The molecule has 0 saturated carbocycles. The minimum atomic E-state index is 0.102. The normalized spacial score (nSPS) is 21.0. The molecule has 1 atom stereocenters. The summed E-state index contributed by atoms with van der Waals surface area (Å²) in [5, 5.41) is 0. The van der Waals surface area contributed by atoms with Crippen molar-refractivity contribution in [1.29, 1.82) is 0 Å². The van der Waals surface area contributed by atoms with Crippen LogP contribution in [0, 0.1) is 0 Å². The topological polar surface area (TPSA) is 47.1 Å². The van der Waals surface area contributed by atoms with Crippen molar-refractivity contribution in [2.24, 2.45) is 0 Å². The number of fused-ring (bicyclic) bond motifs is 3. The Morgan fingerprint density at radius 1 is 1.25 bits per heavy atom. The van der Waals surface area contributed by atoms with Crippen LogP contribution in [0.2, 0.25) is 0 Å². The van der Waals surface area contributed by atoms with Crippen molar-refractivity contribution in [2.75, 3.05) is 7.11 Å². The second kappa shape index (κ2) is 5.98. The van der Waals surface area contributed by atoms with Gasteiger partial charge < -0.3 is 0 Å². The SMILES string of the molecule is COc1cc2c(cc1OC1CC=CCC1)[Se]C(C)(C)c1[nH]cnc1-2.